The van der Waals surface area contributed by atoms with E-state index in [0.29, 0.717) is 24.8 Å². The lowest BCUT2D eigenvalue weighted by atomic mass is 9.44. The largest absolute Gasteiger partial charge is 0.508 e. The second-order valence-corrected chi connectivity index (χ2v) is 12.6. The van der Waals surface area contributed by atoms with Crippen LogP contribution in [0.4, 0.5) is 9.18 Å². The average Bonchev–Trinajstić information content (AvgIpc) is 3.29. The first-order valence-corrected chi connectivity index (χ1v) is 13.9. The van der Waals surface area contributed by atoms with Gasteiger partial charge in [-0.05, 0) is 64.5 Å². The van der Waals surface area contributed by atoms with Crippen LogP contribution in [0.2, 0.25) is 0 Å². The number of allylic oxidation sites excluding steroid dienone is 4. The van der Waals surface area contributed by atoms with E-state index in [4.69, 9.17) is 18.9 Å². The van der Waals surface area contributed by atoms with Crippen LogP contribution in [-0.2, 0) is 33.4 Å². The van der Waals surface area contributed by atoms with Crippen molar-refractivity contribution in [2.75, 3.05) is 19.8 Å². The van der Waals surface area contributed by atoms with Crippen LogP contribution in [0.5, 0.6) is 0 Å². The van der Waals surface area contributed by atoms with Gasteiger partial charge in [0, 0.05) is 23.2 Å². The number of fused-ring (bicyclic) bond motifs is 7. The van der Waals surface area contributed by atoms with Gasteiger partial charge in [-0.1, -0.05) is 18.6 Å². The van der Waals surface area contributed by atoms with E-state index >= 15 is 4.39 Å². The molecule has 5 aliphatic rings. The third kappa shape index (κ3) is 4.30. The molecule has 0 bridgehead atoms. The fourth-order valence-corrected chi connectivity index (χ4v) is 8.44. The van der Waals surface area contributed by atoms with Gasteiger partial charge in [-0.25, -0.2) is 9.18 Å². The van der Waals surface area contributed by atoms with Crippen LogP contribution >= 0.6 is 0 Å². The van der Waals surface area contributed by atoms with Gasteiger partial charge in [0.2, 0.25) is 5.78 Å². The second kappa shape index (κ2) is 9.84. The molecular formula is C28H36FNO11. The number of halogens is 1. The number of carbonyl (C=O) groups excluding carboxylic acids is 3. The number of rotatable bonds is 8. The maximum atomic E-state index is 17.4. The standard InChI is InChI=1S/C28H36FNO11/c1-24(2)40-22-13-19-18-7-6-16-12-17(31)8-9-25(16,3)27(18,29)20(32)14-26(19,4)28(22,41-24)21(33)15-38-23(34)37-10-5-11-39-30(35)36/h8-9,12,18-20,22,32H,5-7,10-11,13-15H2,1-4H3/t18?,19-,20-,22+,25-,26-,27-,28+/m0/s1. The summed E-state index contributed by atoms with van der Waals surface area (Å²) in [5, 5.41) is 20.8. The molecule has 0 spiro atoms. The molecule has 8 atom stereocenters. The predicted octanol–water partition coefficient (Wildman–Crippen LogP) is 3.18. The first-order valence-electron chi connectivity index (χ1n) is 13.9. The Morgan fingerprint density at radius 1 is 1.20 bits per heavy atom. The molecule has 0 amide bonds. The first kappa shape index (κ1) is 29.6. The highest BCUT2D eigenvalue weighted by molar-refractivity contribution is 6.01. The Morgan fingerprint density at radius 3 is 2.63 bits per heavy atom. The van der Waals surface area contributed by atoms with Gasteiger partial charge >= 0.3 is 6.16 Å². The molecule has 0 aromatic heterocycles. The number of aliphatic hydroxyl groups excluding tert-OH is 1. The van der Waals surface area contributed by atoms with Crippen LogP contribution in [-0.4, -0.2) is 77.0 Å². The molecule has 1 aliphatic heterocycles. The molecule has 41 heavy (non-hydrogen) atoms. The fourth-order valence-electron chi connectivity index (χ4n) is 8.44. The number of ether oxygens (including phenoxy) is 4. The molecule has 0 aromatic rings. The molecule has 4 fully saturated rings. The van der Waals surface area contributed by atoms with Crippen LogP contribution in [0.25, 0.3) is 0 Å². The summed E-state index contributed by atoms with van der Waals surface area (Å²) in [6.45, 7) is 5.67. The van der Waals surface area contributed by atoms with E-state index in [0.717, 1.165) is 0 Å². The molecular weight excluding hydrogens is 545 g/mol. The van der Waals surface area contributed by atoms with E-state index in [-0.39, 0.29) is 31.8 Å². The van der Waals surface area contributed by atoms with Crippen molar-refractivity contribution in [3.8, 4) is 0 Å². The molecule has 12 nitrogen and oxygen atoms in total. The molecule has 3 saturated carbocycles. The second-order valence-electron chi connectivity index (χ2n) is 12.6. The minimum atomic E-state index is -2.09. The summed E-state index contributed by atoms with van der Waals surface area (Å²) in [6, 6.07) is 0. The minimum Gasteiger partial charge on any atom is -0.434 e. The molecule has 5 rings (SSSR count). The van der Waals surface area contributed by atoms with Gasteiger partial charge in [0.25, 0.3) is 5.09 Å². The first-order chi connectivity index (χ1) is 19.1. The van der Waals surface area contributed by atoms with Crippen molar-refractivity contribution in [1.82, 2.24) is 0 Å². The SMILES string of the molecule is CC1(C)O[C@@H]2C[C@H]3C4CCC5=CC(=O)C=C[C@]5(C)[C@@]4(F)[C@@H](O)C[C@]3(C)[C@]2(C(=O)COC(=O)OCCCO[N+](=O)[O-])O1. The Labute approximate surface area is 236 Å². The summed E-state index contributed by atoms with van der Waals surface area (Å²) in [5.74, 6) is -3.03. The molecule has 226 valence electrons. The number of Topliss-reactive ketones (excluding diaryl/α,β-unsaturated/α-hetero) is 1. The number of hydrogen-bond acceptors (Lipinski definition) is 11. The molecule has 1 unspecified atom stereocenters. The molecule has 0 radical (unpaired) electrons. The smallest absolute Gasteiger partial charge is 0.434 e. The molecule has 0 aromatic carbocycles. The van der Waals surface area contributed by atoms with Crippen molar-refractivity contribution in [2.24, 2.45) is 22.7 Å². The van der Waals surface area contributed by atoms with Gasteiger partial charge < -0.3 is 28.9 Å². The normalized spacial score (nSPS) is 41.8. The van der Waals surface area contributed by atoms with Crippen LogP contribution in [0.15, 0.2) is 23.8 Å². The molecule has 1 heterocycles. The fraction of sp³-hybridized carbons (Fsp3) is 0.750. The lowest BCUT2D eigenvalue weighted by molar-refractivity contribution is -0.757. The zero-order chi connectivity index (χ0) is 30.0. The lowest BCUT2D eigenvalue weighted by Crippen LogP contribution is -2.70. The van der Waals surface area contributed by atoms with E-state index in [1.54, 1.807) is 26.8 Å². The van der Waals surface area contributed by atoms with Gasteiger partial charge in [0.15, 0.2) is 29.4 Å². The Balaban J connectivity index is 1.38. The summed E-state index contributed by atoms with van der Waals surface area (Å²) < 4.78 is 40.0. The maximum Gasteiger partial charge on any atom is 0.508 e. The summed E-state index contributed by atoms with van der Waals surface area (Å²) in [5.41, 5.74) is -5.31. The molecule has 4 aliphatic carbocycles. The monoisotopic (exact) mass is 581 g/mol. The lowest BCUT2D eigenvalue weighted by Gasteiger charge is -2.62. The molecule has 13 heteroatoms. The van der Waals surface area contributed by atoms with Crippen molar-refractivity contribution < 1.29 is 52.8 Å². The van der Waals surface area contributed by atoms with Crippen molar-refractivity contribution in [2.45, 2.75) is 89.1 Å². The highest BCUT2D eigenvalue weighted by atomic mass is 19.1. The highest BCUT2D eigenvalue weighted by Gasteiger charge is 2.80. The van der Waals surface area contributed by atoms with Crippen LogP contribution < -0.4 is 0 Å². The van der Waals surface area contributed by atoms with E-state index in [1.807, 2.05) is 6.92 Å². The van der Waals surface area contributed by atoms with Crippen LogP contribution in [0, 0.1) is 32.8 Å². The quantitative estimate of drug-likeness (QED) is 0.194. The van der Waals surface area contributed by atoms with Crippen LogP contribution in [0.1, 0.15) is 59.8 Å². The number of hydrogen-bond donors (Lipinski definition) is 1. The van der Waals surface area contributed by atoms with Crippen molar-refractivity contribution in [1.29, 1.82) is 0 Å². The van der Waals surface area contributed by atoms with E-state index < -0.39 is 75.6 Å². The summed E-state index contributed by atoms with van der Waals surface area (Å²) in [6.07, 6.45) is 2.06. The van der Waals surface area contributed by atoms with Crippen molar-refractivity contribution >= 4 is 17.7 Å². The van der Waals surface area contributed by atoms with Crippen LogP contribution in [0.3, 0.4) is 0 Å². The minimum absolute atomic E-state index is 0.0460. The summed E-state index contributed by atoms with van der Waals surface area (Å²) in [4.78, 5) is 52.5. The van der Waals surface area contributed by atoms with E-state index in [2.05, 4.69) is 4.84 Å². The molecule has 1 saturated heterocycles. The van der Waals surface area contributed by atoms with Crippen molar-refractivity contribution in [3.63, 3.8) is 0 Å². The van der Waals surface area contributed by atoms with Gasteiger partial charge in [0.05, 0.1) is 25.4 Å². The summed E-state index contributed by atoms with van der Waals surface area (Å²) in [7, 11) is 0. The number of ketones is 2. The van der Waals surface area contributed by atoms with Gasteiger partial charge in [0.1, 0.15) is 0 Å². The third-order valence-electron chi connectivity index (χ3n) is 10.1. The third-order valence-corrected chi connectivity index (χ3v) is 10.1. The van der Waals surface area contributed by atoms with Gasteiger partial charge in [-0.3, -0.25) is 9.59 Å². The number of carbonyl (C=O) groups is 3. The number of nitrogens with zero attached hydrogens (tertiary/aromatic N) is 1. The van der Waals surface area contributed by atoms with E-state index in [1.165, 1.54) is 12.2 Å². The van der Waals surface area contributed by atoms with E-state index in [9.17, 15) is 29.6 Å². The van der Waals surface area contributed by atoms with Gasteiger partial charge in [-0.15, -0.1) is 10.1 Å². The Hall–Kier alpha value is -2.90. The topological polar surface area (TPSA) is 161 Å². The number of aliphatic hydroxyl groups is 1. The average molecular weight is 582 g/mol. The van der Waals surface area contributed by atoms with Gasteiger partial charge in [-0.2, -0.15) is 0 Å². The highest BCUT2D eigenvalue weighted by Crippen LogP contribution is 2.72. The maximum absolute atomic E-state index is 17.4. The zero-order valence-electron chi connectivity index (χ0n) is 23.6. The summed E-state index contributed by atoms with van der Waals surface area (Å²) >= 11 is 0. The van der Waals surface area contributed by atoms with Crippen molar-refractivity contribution in [3.05, 3.63) is 33.9 Å². The predicted molar refractivity (Wildman–Crippen MR) is 136 cm³/mol. The zero-order valence-corrected chi connectivity index (χ0v) is 23.6. The Kier molecular flexibility index (Phi) is 7.10. The Morgan fingerprint density at radius 2 is 1.93 bits per heavy atom. The number of alkyl halides is 1. The molecule has 1 N–H and O–H groups in total. The Bertz CT molecular complexity index is 1220.